The van der Waals surface area contributed by atoms with Crippen molar-refractivity contribution in [1.29, 1.82) is 0 Å². The van der Waals surface area contributed by atoms with Crippen LogP contribution in [0.1, 0.15) is 48.7 Å². The number of thiophene rings is 1. The molecule has 3 saturated heterocycles. The van der Waals surface area contributed by atoms with Crippen LogP contribution in [-0.2, 0) is 0 Å². The van der Waals surface area contributed by atoms with Crippen molar-refractivity contribution in [2.24, 2.45) is 11.8 Å². The summed E-state index contributed by atoms with van der Waals surface area (Å²) >= 11 is 1.63. The number of hydrogen-bond acceptors (Lipinski definition) is 4. The van der Waals surface area contributed by atoms with Gasteiger partial charge >= 0.3 is 0 Å². The highest BCUT2D eigenvalue weighted by Gasteiger charge is 2.60. The molecule has 0 N–H and O–H groups in total. The molecule has 3 nitrogen and oxygen atoms in total. The van der Waals surface area contributed by atoms with Gasteiger partial charge in [-0.3, -0.25) is 9.69 Å². The molecular weight excluding hydrogens is 330 g/mol. The lowest BCUT2D eigenvalue weighted by atomic mass is 9.70. The minimum absolute atomic E-state index is 0.351. The fraction of sp³-hybridized carbons (Fsp3) is 0.571. The SMILES string of the molecule is CCOc1ccc2cc(C(=O)C[C@@H]3C4CCN(CC4)C34CC4)sc2c1. The van der Waals surface area contributed by atoms with Crippen LogP contribution in [-0.4, -0.2) is 35.9 Å². The molecule has 25 heavy (non-hydrogen) atoms. The second kappa shape index (κ2) is 5.82. The number of hydrogen-bond donors (Lipinski definition) is 0. The maximum absolute atomic E-state index is 13.0. The van der Waals surface area contributed by atoms with Crippen molar-refractivity contribution in [3.8, 4) is 5.75 Å². The lowest BCUT2D eigenvalue weighted by molar-refractivity contribution is -0.0273. The van der Waals surface area contributed by atoms with Gasteiger partial charge in [-0.25, -0.2) is 0 Å². The van der Waals surface area contributed by atoms with Crippen molar-refractivity contribution < 1.29 is 9.53 Å². The molecule has 1 spiro atoms. The van der Waals surface area contributed by atoms with Crippen LogP contribution in [0.5, 0.6) is 5.75 Å². The highest BCUT2D eigenvalue weighted by atomic mass is 32.1. The summed E-state index contributed by atoms with van der Waals surface area (Å²) in [6.45, 7) is 5.19. The van der Waals surface area contributed by atoms with E-state index in [0.717, 1.165) is 33.1 Å². The quantitative estimate of drug-likeness (QED) is 0.725. The molecule has 4 heteroatoms. The van der Waals surface area contributed by atoms with E-state index < -0.39 is 0 Å². The van der Waals surface area contributed by atoms with E-state index in [1.54, 1.807) is 11.3 Å². The van der Waals surface area contributed by atoms with Crippen molar-refractivity contribution in [1.82, 2.24) is 4.90 Å². The minimum Gasteiger partial charge on any atom is -0.494 e. The van der Waals surface area contributed by atoms with E-state index in [1.807, 2.05) is 13.0 Å². The average molecular weight is 356 g/mol. The zero-order chi connectivity index (χ0) is 17.0. The van der Waals surface area contributed by atoms with Crippen LogP contribution in [0.3, 0.4) is 0 Å². The Bertz CT molecular complexity index is 814. The molecule has 2 aromatic rings. The normalized spacial score (nSPS) is 29.2. The van der Waals surface area contributed by atoms with Crippen molar-refractivity contribution in [3.05, 3.63) is 29.1 Å². The number of benzene rings is 1. The van der Waals surface area contributed by atoms with E-state index >= 15 is 0 Å². The molecule has 132 valence electrons. The first-order valence-corrected chi connectivity index (χ1v) is 10.5. The maximum Gasteiger partial charge on any atom is 0.173 e. The molecule has 4 aliphatic rings. The molecule has 1 aliphatic carbocycles. The van der Waals surface area contributed by atoms with Crippen molar-refractivity contribution >= 4 is 27.2 Å². The molecule has 0 unspecified atom stereocenters. The van der Waals surface area contributed by atoms with Gasteiger partial charge in [0.25, 0.3) is 0 Å². The van der Waals surface area contributed by atoms with Crippen LogP contribution in [0.25, 0.3) is 10.1 Å². The Kier molecular flexibility index (Phi) is 3.68. The van der Waals surface area contributed by atoms with Crippen molar-refractivity contribution in [2.45, 2.75) is 44.6 Å². The van der Waals surface area contributed by atoms with E-state index in [9.17, 15) is 4.79 Å². The molecule has 1 aromatic heterocycles. The van der Waals surface area contributed by atoms with Crippen LogP contribution in [0.2, 0.25) is 0 Å². The van der Waals surface area contributed by atoms with Gasteiger partial charge < -0.3 is 4.74 Å². The van der Waals surface area contributed by atoms with Crippen LogP contribution in [0, 0.1) is 11.8 Å². The zero-order valence-electron chi connectivity index (χ0n) is 14.8. The van der Waals surface area contributed by atoms with Gasteiger partial charge in [0.2, 0.25) is 0 Å². The Morgan fingerprint density at radius 1 is 1.28 bits per heavy atom. The molecule has 1 saturated carbocycles. The molecule has 4 fully saturated rings. The molecule has 1 aromatic carbocycles. The third-order valence-corrected chi connectivity index (χ3v) is 7.81. The van der Waals surface area contributed by atoms with E-state index in [4.69, 9.17) is 4.74 Å². The van der Waals surface area contributed by atoms with Gasteiger partial charge in [0.15, 0.2) is 5.78 Å². The lowest BCUT2D eigenvalue weighted by Gasteiger charge is -2.52. The number of carbonyl (C=O) groups excluding carboxylic acids is 1. The predicted octanol–water partition coefficient (Wildman–Crippen LogP) is 4.75. The third-order valence-electron chi connectivity index (χ3n) is 6.67. The van der Waals surface area contributed by atoms with Crippen LogP contribution >= 0.6 is 11.3 Å². The zero-order valence-corrected chi connectivity index (χ0v) is 15.6. The van der Waals surface area contributed by atoms with Crippen molar-refractivity contribution in [3.63, 3.8) is 0 Å². The summed E-state index contributed by atoms with van der Waals surface area (Å²) in [6.07, 6.45) is 5.96. The standard InChI is InChI=1S/C21H25NO2S/c1-2-24-16-4-3-15-11-20(25-19(15)12-16)18(23)13-17-14-5-9-22(10-6-14)21(17)7-8-21/h3-4,11-12,14,17H,2,5-10,13H2,1H3/t17-/m1/s1. The summed E-state index contributed by atoms with van der Waals surface area (Å²) in [7, 11) is 0. The third kappa shape index (κ3) is 2.53. The first kappa shape index (κ1) is 15.8. The Morgan fingerprint density at radius 2 is 2.08 bits per heavy atom. The van der Waals surface area contributed by atoms with Crippen LogP contribution < -0.4 is 4.74 Å². The number of fused-ring (bicyclic) bond motifs is 3. The summed E-state index contributed by atoms with van der Waals surface area (Å²) in [5.74, 6) is 2.61. The van der Waals surface area contributed by atoms with Crippen molar-refractivity contribution in [2.75, 3.05) is 19.7 Å². The van der Waals surface area contributed by atoms with Gasteiger partial charge in [0.05, 0.1) is 11.5 Å². The van der Waals surface area contributed by atoms with Crippen LogP contribution in [0.4, 0.5) is 0 Å². The van der Waals surface area contributed by atoms with Crippen LogP contribution in [0.15, 0.2) is 24.3 Å². The smallest absolute Gasteiger partial charge is 0.173 e. The topological polar surface area (TPSA) is 29.5 Å². The minimum atomic E-state index is 0.351. The molecule has 4 heterocycles. The molecule has 3 aliphatic heterocycles. The highest BCUT2D eigenvalue weighted by Crippen LogP contribution is 2.58. The summed E-state index contributed by atoms with van der Waals surface area (Å²) in [5.41, 5.74) is 0.398. The highest BCUT2D eigenvalue weighted by molar-refractivity contribution is 7.20. The summed E-state index contributed by atoms with van der Waals surface area (Å²) < 4.78 is 6.75. The number of carbonyl (C=O) groups is 1. The van der Waals surface area contributed by atoms with E-state index in [0.29, 0.717) is 23.8 Å². The number of nitrogens with zero attached hydrogens (tertiary/aromatic N) is 1. The molecule has 0 amide bonds. The number of rotatable bonds is 5. The Morgan fingerprint density at radius 3 is 2.80 bits per heavy atom. The number of Topliss-reactive ketones (excluding diaryl/α,β-unsaturated/α-hetero) is 1. The second-order valence-electron chi connectivity index (χ2n) is 7.91. The summed E-state index contributed by atoms with van der Waals surface area (Å²) in [5, 5.41) is 1.16. The van der Waals surface area contributed by atoms with Gasteiger partial charge in [-0.05, 0) is 87.2 Å². The number of piperidine rings is 3. The fourth-order valence-corrected chi connectivity index (χ4v) is 6.34. The van der Waals surface area contributed by atoms with Gasteiger partial charge in [0.1, 0.15) is 5.75 Å². The Hall–Kier alpha value is -1.39. The number of ketones is 1. The molecule has 1 atom stereocenters. The fourth-order valence-electron chi connectivity index (χ4n) is 5.30. The van der Waals surface area contributed by atoms with E-state index in [2.05, 4.69) is 23.1 Å². The number of ether oxygens (including phenoxy) is 1. The maximum atomic E-state index is 13.0. The molecular formula is C21H25NO2S. The van der Waals surface area contributed by atoms with Gasteiger partial charge in [-0.1, -0.05) is 0 Å². The van der Waals surface area contributed by atoms with Gasteiger partial charge in [0, 0.05) is 16.7 Å². The largest absolute Gasteiger partial charge is 0.494 e. The summed E-state index contributed by atoms with van der Waals surface area (Å²) in [6, 6.07) is 8.22. The van der Waals surface area contributed by atoms with Gasteiger partial charge in [-0.15, -0.1) is 11.3 Å². The van der Waals surface area contributed by atoms with E-state index in [-0.39, 0.29) is 0 Å². The molecule has 2 bridgehead atoms. The first-order chi connectivity index (χ1) is 12.2. The predicted molar refractivity (Wildman–Crippen MR) is 102 cm³/mol. The first-order valence-electron chi connectivity index (χ1n) is 9.64. The Labute approximate surface area is 153 Å². The Balaban J connectivity index is 1.38. The summed E-state index contributed by atoms with van der Waals surface area (Å²) in [4.78, 5) is 16.7. The average Bonchev–Trinajstić information content (AvgIpc) is 3.29. The monoisotopic (exact) mass is 355 g/mol. The lowest BCUT2D eigenvalue weighted by Crippen LogP contribution is -2.57. The van der Waals surface area contributed by atoms with Gasteiger partial charge in [-0.2, -0.15) is 0 Å². The molecule has 0 radical (unpaired) electrons. The molecule has 6 rings (SSSR count). The van der Waals surface area contributed by atoms with E-state index in [1.165, 1.54) is 38.8 Å². The second-order valence-corrected chi connectivity index (χ2v) is 8.99.